The zero-order valence-electron chi connectivity index (χ0n) is 8.00. The van der Waals surface area contributed by atoms with E-state index in [9.17, 15) is 4.79 Å². The normalized spacial score (nSPS) is 10.4. The van der Waals surface area contributed by atoms with Gasteiger partial charge in [0.1, 0.15) is 6.73 Å². The highest BCUT2D eigenvalue weighted by Gasteiger charge is 2.01. The van der Waals surface area contributed by atoms with Crippen LogP contribution in [-0.4, -0.2) is 11.2 Å². The first kappa shape index (κ1) is 11.3. The Balaban J connectivity index is 2.74. The Morgan fingerprint density at radius 2 is 2.29 bits per heavy atom. The van der Waals surface area contributed by atoms with Gasteiger partial charge in [-0.15, -0.1) is 0 Å². The van der Waals surface area contributed by atoms with E-state index in [1.165, 1.54) is 0 Å². The van der Waals surface area contributed by atoms with E-state index in [4.69, 9.17) is 10.5 Å². The molecule has 0 spiro atoms. The summed E-state index contributed by atoms with van der Waals surface area (Å²) >= 11 is 3.14. The number of pyridine rings is 1. The Labute approximate surface area is 90.8 Å². The molecule has 1 aromatic rings. The molecule has 0 saturated heterocycles. The molecular formula is C9H13BrN2O2. The molecule has 1 aromatic heterocycles. The van der Waals surface area contributed by atoms with Crippen molar-refractivity contribution >= 4 is 21.6 Å². The van der Waals surface area contributed by atoms with Crippen LogP contribution in [0.4, 0.5) is 5.69 Å². The second kappa shape index (κ2) is 5.17. The van der Waals surface area contributed by atoms with E-state index in [0.29, 0.717) is 17.8 Å². The fourth-order valence-electron chi connectivity index (χ4n) is 1.01. The summed E-state index contributed by atoms with van der Waals surface area (Å²) in [5, 5.41) is 0. The Morgan fingerprint density at radius 1 is 1.57 bits per heavy atom. The minimum Gasteiger partial charge on any atom is -0.394 e. The van der Waals surface area contributed by atoms with Gasteiger partial charge in [-0.3, -0.25) is 4.79 Å². The molecule has 2 N–H and O–H groups in total. The number of rotatable bonds is 4. The molecule has 0 unspecified atom stereocenters. The summed E-state index contributed by atoms with van der Waals surface area (Å²) in [5.41, 5.74) is 5.54. The maximum Gasteiger partial charge on any atom is 0.218 e. The molecule has 0 aliphatic heterocycles. The molecule has 0 saturated carbocycles. The van der Waals surface area contributed by atoms with Crippen LogP contribution in [0.5, 0.6) is 0 Å². The summed E-state index contributed by atoms with van der Waals surface area (Å²) in [4.78, 5) is 11.2. The molecule has 4 nitrogen and oxygen atoms in total. The molecule has 0 aromatic carbocycles. The SMILES string of the molecule is CCCOCn1cc(N)c(=O)c(Br)c1. The summed E-state index contributed by atoms with van der Waals surface area (Å²) in [6.07, 6.45) is 4.20. The van der Waals surface area contributed by atoms with Crippen LogP contribution in [0.1, 0.15) is 13.3 Å². The van der Waals surface area contributed by atoms with Crippen LogP contribution >= 0.6 is 15.9 Å². The van der Waals surface area contributed by atoms with E-state index in [1.807, 2.05) is 6.92 Å². The van der Waals surface area contributed by atoms with Crippen molar-refractivity contribution in [3.05, 3.63) is 27.1 Å². The monoisotopic (exact) mass is 260 g/mol. The smallest absolute Gasteiger partial charge is 0.218 e. The van der Waals surface area contributed by atoms with Crippen LogP contribution < -0.4 is 11.2 Å². The second-order valence-electron chi connectivity index (χ2n) is 2.94. The Hall–Kier alpha value is -0.810. The minimum absolute atomic E-state index is 0.184. The predicted molar refractivity (Wildman–Crippen MR) is 59.1 cm³/mol. The number of ether oxygens (including phenoxy) is 1. The fraction of sp³-hybridized carbons (Fsp3) is 0.444. The van der Waals surface area contributed by atoms with Gasteiger partial charge in [-0.2, -0.15) is 0 Å². The lowest BCUT2D eigenvalue weighted by molar-refractivity contribution is 0.0771. The van der Waals surface area contributed by atoms with Crippen molar-refractivity contribution in [2.75, 3.05) is 12.3 Å². The first-order chi connectivity index (χ1) is 6.65. The van der Waals surface area contributed by atoms with E-state index in [1.54, 1.807) is 17.0 Å². The number of nitrogens with zero attached hydrogens (tertiary/aromatic N) is 1. The molecule has 0 aliphatic rings. The van der Waals surface area contributed by atoms with Crippen molar-refractivity contribution in [1.29, 1.82) is 0 Å². The fourth-order valence-corrected chi connectivity index (χ4v) is 1.50. The minimum atomic E-state index is -0.184. The molecule has 0 fully saturated rings. The van der Waals surface area contributed by atoms with E-state index in [0.717, 1.165) is 6.42 Å². The van der Waals surface area contributed by atoms with Gasteiger partial charge >= 0.3 is 0 Å². The number of halogens is 1. The molecule has 0 atom stereocenters. The predicted octanol–water partition coefficient (Wildman–Crippen LogP) is 1.58. The summed E-state index contributed by atoms with van der Waals surface area (Å²) in [7, 11) is 0. The molecule has 0 radical (unpaired) electrons. The largest absolute Gasteiger partial charge is 0.394 e. The lowest BCUT2D eigenvalue weighted by Crippen LogP contribution is -2.14. The Morgan fingerprint density at radius 3 is 2.86 bits per heavy atom. The quantitative estimate of drug-likeness (QED) is 0.837. The lowest BCUT2D eigenvalue weighted by atomic mass is 10.4. The topological polar surface area (TPSA) is 57.2 Å². The molecule has 5 heteroatoms. The van der Waals surface area contributed by atoms with Gasteiger partial charge in [0, 0.05) is 19.0 Å². The van der Waals surface area contributed by atoms with Gasteiger partial charge in [0.05, 0.1) is 10.2 Å². The van der Waals surface area contributed by atoms with E-state index in [-0.39, 0.29) is 11.1 Å². The highest BCUT2D eigenvalue weighted by molar-refractivity contribution is 9.10. The van der Waals surface area contributed by atoms with Crippen LogP contribution in [0.15, 0.2) is 21.7 Å². The molecule has 78 valence electrons. The first-order valence-electron chi connectivity index (χ1n) is 4.38. The number of hydrogen-bond donors (Lipinski definition) is 1. The third-order valence-electron chi connectivity index (χ3n) is 1.65. The van der Waals surface area contributed by atoms with Gasteiger partial charge in [-0.05, 0) is 22.4 Å². The number of hydrogen-bond acceptors (Lipinski definition) is 3. The van der Waals surface area contributed by atoms with Gasteiger partial charge < -0.3 is 15.0 Å². The maximum atomic E-state index is 11.2. The van der Waals surface area contributed by atoms with Gasteiger partial charge in [-0.1, -0.05) is 6.92 Å². The molecule has 0 amide bonds. The van der Waals surface area contributed by atoms with Crippen LogP contribution in [0.3, 0.4) is 0 Å². The van der Waals surface area contributed by atoms with Gasteiger partial charge in [0.25, 0.3) is 0 Å². The van der Waals surface area contributed by atoms with Gasteiger partial charge in [0.2, 0.25) is 5.43 Å². The van der Waals surface area contributed by atoms with Crippen molar-refractivity contribution < 1.29 is 4.74 Å². The van der Waals surface area contributed by atoms with Crippen LogP contribution in [0.2, 0.25) is 0 Å². The third-order valence-corrected chi connectivity index (χ3v) is 2.22. The molecular weight excluding hydrogens is 248 g/mol. The molecule has 1 rings (SSSR count). The first-order valence-corrected chi connectivity index (χ1v) is 5.17. The number of aromatic nitrogens is 1. The van der Waals surface area contributed by atoms with E-state index >= 15 is 0 Å². The lowest BCUT2D eigenvalue weighted by Gasteiger charge is -2.08. The third kappa shape index (κ3) is 2.85. The van der Waals surface area contributed by atoms with Crippen molar-refractivity contribution in [2.45, 2.75) is 20.1 Å². The standard InChI is InChI=1S/C9H13BrN2O2/c1-2-3-14-6-12-4-7(10)9(13)8(11)5-12/h4-5H,2-3,6,11H2,1H3. The second-order valence-corrected chi connectivity index (χ2v) is 3.80. The van der Waals surface area contributed by atoms with E-state index < -0.39 is 0 Å². The average molecular weight is 261 g/mol. The molecule has 1 heterocycles. The molecule has 0 aliphatic carbocycles. The highest BCUT2D eigenvalue weighted by Crippen LogP contribution is 2.06. The summed E-state index contributed by atoms with van der Waals surface area (Å²) in [6, 6.07) is 0. The van der Waals surface area contributed by atoms with Crippen LogP contribution in [0.25, 0.3) is 0 Å². The van der Waals surface area contributed by atoms with Gasteiger partial charge in [-0.25, -0.2) is 0 Å². The number of nitrogens with two attached hydrogens (primary N) is 1. The highest BCUT2D eigenvalue weighted by atomic mass is 79.9. The van der Waals surface area contributed by atoms with Crippen molar-refractivity contribution in [3.8, 4) is 0 Å². The number of anilines is 1. The molecule has 0 bridgehead atoms. The average Bonchev–Trinajstić information content (AvgIpc) is 2.14. The van der Waals surface area contributed by atoms with E-state index in [2.05, 4.69) is 15.9 Å². The Bertz CT molecular complexity index is 336. The zero-order valence-corrected chi connectivity index (χ0v) is 9.58. The summed E-state index contributed by atoms with van der Waals surface area (Å²) in [5.74, 6) is 0. The summed E-state index contributed by atoms with van der Waals surface area (Å²) in [6.45, 7) is 3.15. The van der Waals surface area contributed by atoms with Crippen molar-refractivity contribution in [3.63, 3.8) is 0 Å². The molecule has 14 heavy (non-hydrogen) atoms. The summed E-state index contributed by atoms with van der Waals surface area (Å²) < 4.78 is 7.49. The number of nitrogen functional groups attached to an aromatic ring is 1. The zero-order chi connectivity index (χ0) is 10.6. The van der Waals surface area contributed by atoms with Crippen molar-refractivity contribution in [1.82, 2.24) is 4.57 Å². The van der Waals surface area contributed by atoms with Gasteiger partial charge in [0.15, 0.2) is 0 Å². The Kier molecular flexibility index (Phi) is 4.16. The van der Waals surface area contributed by atoms with Crippen LogP contribution in [0, 0.1) is 0 Å². The van der Waals surface area contributed by atoms with Crippen LogP contribution in [-0.2, 0) is 11.5 Å². The van der Waals surface area contributed by atoms with Crippen molar-refractivity contribution in [2.24, 2.45) is 0 Å². The maximum absolute atomic E-state index is 11.2.